The minimum atomic E-state index is -0.951. The standard InChI is InChI=1S/C18H20F2N5OP/c1-2-14(24-25-7-6-21-17(26)10-25)15-4-3-5-22-18(23-15)11-8-12(19)13(20)9-16(11)27/h3,5,8-9H,2,4,6-7,10,27H2,1H3,(H,21,26)/b24-14+. The molecule has 142 valence electrons. The van der Waals surface area contributed by atoms with Crippen LogP contribution in [0.1, 0.15) is 25.3 Å². The fourth-order valence-corrected chi connectivity index (χ4v) is 3.13. The molecule has 0 aromatic heterocycles. The van der Waals surface area contributed by atoms with Crippen LogP contribution >= 0.6 is 9.24 Å². The maximum Gasteiger partial charge on any atom is 0.241 e. The van der Waals surface area contributed by atoms with Crippen LogP contribution < -0.4 is 10.6 Å². The van der Waals surface area contributed by atoms with E-state index in [9.17, 15) is 13.6 Å². The lowest BCUT2D eigenvalue weighted by atomic mass is 10.1. The van der Waals surface area contributed by atoms with Crippen LogP contribution in [0.3, 0.4) is 0 Å². The number of nitrogens with zero attached hydrogens (tertiary/aromatic N) is 4. The van der Waals surface area contributed by atoms with Crippen LogP contribution in [-0.4, -0.2) is 47.8 Å². The van der Waals surface area contributed by atoms with Gasteiger partial charge in [-0.15, -0.1) is 9.24 Å². The fraction of sp³-hybridized carbons (Fsp3) is 0.333. The zero-order valence-corrected chi connectivity index (χ0v) is 16.0. The van der Waals surface area contributed by atoms with E-state index in [0.29, 0.717) is 48.3 Å². The Hall–Kier alpha value is -2.47. The molecule has 1 saturated heterocycles. The van der Waals surface area contributed by atoms with Crippen molar-refractivity contribution >= 4 is 37.7 Å². The van der Waals surface area contributed by atoms with Crippen molar-refractivity contribution in [2.24, 2.45) is 15.1 Å². The van der Waals surface area contributed by atoms with Gasteiger partial charge in [-0.05, 0) is 23.9 Å². The number of halogens is 2. The van der Waals surface area contributed by atoms with E-state index in [1.165, 1.54) is 0 Å². The van der Waals surface area contributed by atoms with Crippen LogP contribution in [-0.2, 0) is 4.79 Å². The van der Waals surface area contributed by atoms with Gasteiger partial charge in [0.25, 0.3) is 0 Å². The predicted octanol–water partition coefficient (Wildman–Crippen LogP) is 1.77. The van der Waals surface area contributed by atoms with Crippen molar-refractivity contribution in [1.82, 2.24) is 10.3 Å². The normalized spacial score (nSPS) is 18.0. The third-order valence-electron chi connectivity index (χ3n) is 4.14. The summed E-state index contributed by atoms with van der Waals surface area (Å²) in [5.74, 6) is -1.65. The van der Waals surface area contributed by atoms with Crippen molar-refractivity contribution < 1.29 is 13.6 Å². The SMILES string of the molecule is CC/C(=N\N1CCNC(=O)C1)C1=NC(c2cc(F)c(F)cc2P)=NC=CC1. The van der Waals surface area contributed by atoms with E-state index in [4.69, 9.17) is 0 Å². The van der Waals surface area contributed by atoms with Gasteiger partial charge in [0.1, 0.15) is 6.54 Å². The summed E-state index contributed by atoms with van der Waals surface area (Å²) in [5.41, 5.74) is 1.82. The molecule has 0 bridgehead atoms. The van der Waals surface area contributed by atoms with Crippen LogP contribution in [0.2, 0.25) is 0 Å². The zero-order valence-electron chi connectivity index (χ0n) is 14.9. The third-order valence-corrected chi connectivity index (χ3v) is 4.61. The maximum atomic E-state index is 13.7. The van der Waals surface area contributed by atoms with Crippen molar-refractivity contribution in [3.63, 3.8) is 0 Å². The number of amides is 1. The first kappa shape index (κ1) is 19.3. The van der Waals surface area contributed by atoms with Crippen LogP contribution in [0.15, 0.2) is 39.5 Å². The minimum Gasteiger partial charge on any atom is -0.353 e. The van der Waals surface area contributed by atoms with Crippen LogP contribution in [0.5, 0.6) is 0 Å². The molecule has 1 fully saturated rings. The van der Waals surface area contributed by atoms with Gasteiger partial charge in [0, 0.05) is 24.7 Å². The largest absolute Gasteiger partial charge is 0.353 e. The molecule has 0 aliphatic carbocycles. The number of aliphatic imine (C=N–C) groups is 2. The number of piperazine rings is 1. The molecule has 6 nitrogen and oxygen atoms in total. The van der Waals surface area contributed by atoms with Gasteiger partial charge in [-0.1, -0.05) is 13.0 Å². The van der Waals surface area contributed by atoms with Gasteiger partial charge in [-0.2, -0.15) is 5.10 Å². The maximum absolute atomic E-state index is 13.7. The van der Waals surface area contributed by atoms with Gasteiger partial charge in [0.15, 0.2) is 17.5 Å². The Kier molecular flexibility index (Phi) is 6.06. The van der Waals surface area contributed by atoms with Crippen molar-refractivity contribution in [2.75, 3.05) is 19.6 Å². The Balaban J connectivity index is 1.95. The second-order valence-corrected chi connectivity index (χ2v) is 6.71. The lowest BCUT2D eigenvalue weighted by molar-refractivity contribution is -0.124. The topological polar surface area (TPSA) is 69.4 Å². The van der Waals surface area contributed by atoms with Crippen LogP contribution in [0.4, 0.5) is 8.78 Å². The van der Waals surface area contributed by atoms with Gasteiger partial charge in [0.05, 0.1) is 18.0 Å². The molecule has 3 rings (SSSR count). The molecule has 2 heterocycles. The second-order valence-electron chi connectivity index (χ2n) is 6.09. The number of nitrogens with one attached hydrogen (secondary N) is 1. The average molecular weight is 391 g/mol. The third kappa shape index (κ3) is 4.63. The number of allylic oxidation sites excluding steroid dienone is 1. The van der Waals surface area contributed by atoms with Crippen LogP contribution in [0.25, 0.3) is 0 Å². The molecule has 1 N–H and O–H groups in total. The molecule has 0 saturated carbocycles. The number of benzene rings is 1. The summed E-state index contributed by atoms with van der Waals surface area (Å²) in [7, 11) is 2.38. The van der Waals surface area contributed by atoms with E-state index in [1.807, 2.05) is 13.0 Å². The van der Waals surface area contributed by atoms with E-state index in [0.717, 1.165) is 17.8 Å². The molecule has 9 heteroatoms. The number of hydrazone groups is 1. The van der Waals surface area contributed by atoms with Crippen molar-refractivity contribution in [3.05, 3.63) is 41.6 Å². The lowest BCUT2D eigenvalue weighted by Gasteiger charge is -2.25. The van der Waals surface area contributed by atoms with Gasteiger partial charge in [-0.25, -0.2) is 18.8 Å². The molecule has 1 unspecified atom stereocenters. The fourth-order valence-electron chi connectivity index (χ4n) is 2.77. The highest BCUT2D eigenvalue weighted by atomic mass is 31.0. The van der Waals surface area contributed by atoms with E-state index < -0.39 is 11.6 Å². The molecular weight excluding hydrogens is 371 g/mol. The molecule has 1 atom stereocenters. The summed E-state index contributed by atoms with van der Waals surface area (Å²) in [6.07, 6.45) is 4.56. The van der Waals surface area contributed by atoms with Gasteiger partial charge < -0.3 is 5.32 Å². The molecule has 27 heavy (non-hydrogen) atoms. The minimum absolute atomic E-state index is 0.0696. The number of carbonyl (C=O) groups is 1. The molecule has 2 aliphatic heterocycles. The first-order valence-electron chi connectivity index (χ1n) is 8.62. The van der Waals surface area contributed by atoms with Crippen molar-refractivity contribution in [3.8, 4) is 0 Å². The molecule has 2 aliphatic rings. The first-order valence-corrected chi connectivity index (χ1v) is 9.20. The number of rotatable bonds is 4. The van der Waals surface area contributed by atoms with E-state index >= 15 is 0 Å². The predicted molar refractivity (Wildman–Crippen MR) is 106 cm³/mol. The van der Waals surface area contributed by atoms with Gasteiger partial charge in [-0.3, -0.25) is 9.80 Å². The van der Waals surface area contributed by atoms with Crippen molar-refractivity contribution in [1.29, 1.82) is 0 Å². The number of carbonyl (C=O) groups excluding carboxylic acids is 1. The van der Waals surface area contributed by atoms with Crippen LogP contribution in [0, 0.1) is 11.6 Å². The highest BCUT2D eigenvalue weighted by molar-refractivity contribution is 7.27. The summed E-state index contributed by atoms with van der Waals surface area (Å²) in [4.78, 5) is 20.4. The molecule has 1 aromatic rings. The molecule has 0 spiro atoms. The molecule has 1 amide bonds. The summed E-state index contributed by atoms with van der Waals surface area (Å²) >= 11 is 0. The van der Waals surface area contributed by atoms with E-state index in [-0.39, 0.29) is 12.5 Å². The summed E-state index contributed by atoms with van der Waals surface area (Å²) in [6, 6.07) is 2.19. The summed E-state index contributed by atoms with van der Waals surface area (Å²) in [5, 5.41) is 9.52. The van der Waals surface area contributed by atoms with Crippen molar-refractivity contribution in [2.45, 2.75) is 19.8 Å². The molecule has 0 radical (unpaired) electrons. The van der Waals surface area contributed by atoms with Gasteiger partial charge >= 0.3 is 0 Å². The Bertz CT molecular complexity index is 879. The molecular formula is C18H20F2N5OP. The monoisotopic (exact) mass is 391 g/mol. The first-order chi connectivity index (χ1) is 13.0. The number of hydrogen-bond acceptors (Lipinski definition) is 5. The lowest BCUT2D eigenvalue weighted by Crippen LogP contribution is -2.45. The Morgan fingerprint density at radius 3 is 2.89 bits per heavy atom. The summed E-state index contributed by atoms with van der Waals surface area (Å²) in [6.45, 7) is 3.32. The second kappa shape index (κ2) is 8.48. The zero-order chi connectivity index (χ0) is 19.4. The Morgan fingerprint density at radius 2 is 2.15 bits per heavy atom. The van der Waals surface area contributed by atoms with Gasteiger partial charge in [0.2, 0.25) is 5.91 Å². The van der Waals surface area contributed by atoms with E-state index in [2.05, 4.69) is 29.6 Å². The Morgan fingerprint density at radius 1 is 1.37 bits per heavy atom. The highest BCUT2D eigenvalue weighted by Gasteiger charge is 2.18. The highest BCUT2D eigenvalue weighted by Crippen LogP contribution is 2.14. The van der Waals surface area contributed by atoms with E-state index in [1.54, 1.807) is 11.2 Å². The Labute approximate surface area is 158 Å². The number of hydrogen-bond donors (Lipinski definition) is 1. The smallest absolute Gasteiger partial charge is 0.241 e. The average Bonchev–Trinajstić information content (AvgIpc) is 2.89. The molecule has 1 aromatic carbocycles. The number of amidine groups is 1. The summed E-state index contributed by atoms with van der Waals surface area (Å²) < 4.78 is 27.1. The quantitative estimate of drug-likeness (QED) is 0.628.